The highest BCUT2D eigenvalue weighted by Gasteiger charge is 2.16. The van der Waals surface area contributed by atoms with Crippen LogP contribution in [-0.2, 0) is 0 Å². The maximum absolute atomic E-state index is 12.8. The molecule has 0 saturated heterocycles. The number of esters is 1. The van der Waals surface area contributed by atoms with Crippen LogP contribution in [0.3, 0.4) is 0 Å². The fourth-order valence-corrected chi connectivity index (χ4v) is 4.98. The van der Waals surface area contributed by atoms with Crippen LogP contribution in [0.15, 0.2) is 99.0 Å². The third-order valence-corrected chi connectivity index (χ3v) is 6.62. The van der Waals surface area contributed by atoms with Crippen molar-refractivity contribution in [3.63, 3.8) is 0 Å². The van der Waals surface area contributed by atoms with E-state index in [9.17, 15) is 14.4 Å². The maximum atomic E-state index is 12.8. The van der Waals surface area contributed by atoms with Crippen molar-refractivity contribution in [3.05, 3.63) is 122 Å². The number of anilines is 1. The molecule has 4 rings (SSSR count). The molecule has 0 aliphatic rings. The summed E-state index contributed by atoms with van der Waals surface area (Å²) >= 11 is 6.84. The van der Waals surface area contributed by atoms with E-state index in [0.29, 0.717) is 37.1 Å². The molecule has 10 heteroatoms. The number of hydrazone groups is 1. The van der Waals surface area contributed by atoms with E-state index < -0.39 is 11.9 Å². The van der Waals surface area contributed by atoms with Gasteiger partial charge in [0.15, 0.2) is 5.75 Å². The van der Waals surface area contributed by atoms with E-state index in [1.54, 1.807) is 72.8 Å². The fourth-order valence-electron chi connectivity index (χ4n) is 3.64. The van der Waals surface area contributed by atoms with E-state index in [2.05, 4.69) is 47.7 Å². The van der Waals surface area contributed by atoms with Gasteiger partial charge in [-0.1, -0.05) is 45.8 Å². The molecule has 4 aromatic carbocycles. The molecule has 2 amide bonds. The standard InChI is InChI=1S/C30H23Br2N3O5/c1-18-6-3-9-21(12-18)30(38)40-27-22(13-23(31)16-26(27)32)17-33-35-29(37)19-7-4-10-24(14-19)34-28(36)20-8-5-11-25(15-20)39-2/h3-17H,1-2H3,(H,34,36)(H,35,37). The van der Waals surface area contributed by atoms with Gasteiger partial charge in [0.05, 0.1) is 23.4 Å². The lowest BCUT2D eigenvalue weighted by Crippen LogP contribution is -2.18. The van der Waals surface area contributed by atoms with Crippen LogP contribution in [0.2, 0.25) is 0 Å². The molecule has 0 spiro atoms. The van der Waals surface area contributed by atoms with Gasteiger partial charge in [0, 0.05) is 26.9 Å². The summed E-state index contributed by atoms with van der Waals surface area (Å²) in [6, 6.07) is 23.7. The lowest BCUT2D eigenvalue weighted by molar-refractivity contribution is 0.0732. The van der Waals surface area contributed by atoms with Gasteiger partial charge in [-0.2, -0.15) is 5.10 Å². The molecular weight excluding hydrogens is 642 g/mol. The first-order valence-corrected chi connectivity index (χ1v) is 13.5. The van der Waals surface area contributed by atoms with Crippen LogP contribution < -0.4 is 20.2 Å². The topological polar surface area (TPSA) is 106 Å². The number of rotatable bonds is 8. The van der Waals surface area contributed by atoms with E-state index in [1.807, 2.05) is 13.0 Å². The molecule has 0 atom stereocenters. The van der Waals surface area contributed by atoms with E-state index in [4.69, 9.17) is 9.47 Å². The minimum absolute atomic E-state index is 0.245. The molecule has 202 valence electrons. The molecule has 0 fully saturated rings. The Kier molecular flexibility index (Phi) is 9.47. The molecule has 2 N–H and O–H groups in total. The second kappa shape index (κ2) is 13.2. The molecule has 0 aromatic heterocycles. The summed E-state index contributed by atoms with van der Waals surface area (Å²) in [6.45, 7) is 1.89. The number of benzene rings is 4. The van der Waals surface area contributed by atoms with E-state index >= 15 is 0 Å². The van der Waals surface area contributed by atoms with Gasteiger partial charge in [0.25, 0.3) is 11.8 Å². The van der Waals surface area contributed by atoms with Crippen LogP contribution in [0.1, 0.15) is 42.2 Å². The zero-order valence-electron chi connectivity index (χ0n) is 21.4. The van der Waals surface area contributed by atoms with Crippen molar-refractivity contribution in [2.45, 2.75) is 6.92 Å². The average molecular weight is 665 g/mol. The molecule has 40 heavy (non-hydrogen) atoms. The van der Waals surface area contributed by atoms with Crippen LogP contribution in [0, 0.1) is 6.92 Å². The number of ether oxygens (including phenoxy) is 2. The number of carbonyl (C=O) groups excluding carboxylic acids is 3. The fraction of sp³-hybridized carbons (Fsp3) is 0.0667. The molecule has 0 heterocycles. The summed E-state index contributed by atoms with van der Waals surface area (Å²) < 4.78 is 12.1. The Morgan fingerprint density at radius 2 is 1.52 bits per heavy atom. The van der Waals surface area contributed by atoms with Gasteiger partial charge in [-0.05, 0) is 83.5 Å². The zero-order chi connectivity index (χ0) is 28.6. The number of halogens is 2. The molecule has 0 bridgehead atoms. The molecule has 0 saturated carbocycles. The molecule has 0 aliphatic carbocycles. The van der Waals surface area contributed by atoms with Crippen molar-refractivity contribution in [1.29, 1.82) is 0 Å². The number of carbonyl (C=O) groups is 3. The van der Waals surface area contributed by atoms with E-state index in [-0.39, 0.29) is 17.2 Å². The lowest BCUT2D eigenvalue weighted by atomic mass is 10.1. The Labute approximate surface area is 247 Å². The molecule has 0 radical (unpaired) electrons. The predicted octanol–water partition coefficient (Wildman–Crippen LogP) is 6.76. The van der Waals surface area contributed by atoms with Crippen molar-refractivity contribution in [3.8, 4) is 11.5 Å². The quantitative estimate of drug-likeness (QED) is 0.0937. The summed E-state index contributed by atoms with van der Waals surface area (Å²) in [7, 11) is 1.52. The van der Waals surface area contributed by atoms with Gasteiger partial charge in [-0.15, -0.1) is 0 Å². The van der Waals surface area contributed by atoms with Gasteiger partial charge in [0.1, 0.15) is 5.75 Å². The second-order valence-corrected chi connectivity index (χ2v) is 10.3. The minimum Gasteiger partial charge on any atom is -0.497 e. The summed E-state index contributed by atoms with van der Waals surface area (Å²) in [5.74, 6) is -0.569. The van der Waals surface area contributed by atoms with Crippen molar-refractivity contribution in [1.82, 2.24) is 5.43 Å². The number of nitrogens with zero attached hydrogens (tertiary/aromatic N) is 1. The van der Waals surface area contributed by atoms with Crippen LogP contribution in [0.25, 0.3) is 0 Å². The van der Waals surface area contributed by atoms with Crippen LogP contribution in [0.4, 0.5) is 5.69 Å². The van der Waals surface area contributed by atoms with E-state index in [1.165, 1.54) is 19.4 Å². The highest BCUT2D eigenvalue weighted by Crippen LogP contribution is 2.32. The van der Waals surface area contributed by atoms with Crippen molar-refractivity contribution in [2.24, 2.45) is 5.10 Å². The second-order valence-electron chi connectivity index (χ2n) is 8.53. The maximum Gasteiger partial charge on any atom is 0.343 e. The number of methoxy groups -OCH3 is 1. The van der Waals surface area contributed by atoms with Crippen LogP contribution >= 0.6 is 31.9 Å². The third kappa shape index (κ3) is 7.43. The first kappa shape index (κ1) is 28.7. The van der Waals surface area contributed by atoms with Crippen molar-refractivity contribution in [2.75, 3.05) is 12.4 Å². The van der Waals surface area contributed by atoms with Crippen molar-refractivity contribution < 1.29 is 23.9 Å². The number of hydrogen-bond acceptors (Lipinski definition) is 6. The first-order chi connectivity index (χ1) is 19.2. The number of hydrogen-bond donors (Lipinski definition) is 2. The van der Waals surface area contributed by atoms with Gasteiger partial charge >= 0.3 is 5.97 Å². The minimum atomic E-state index is -0.529. The summed E-state index contributed by atoms with van der Waals surface area (Å²) in [5, 5.41) is 6.82. The number of aryl methyl sites for hydroxylation is 1. The summed E-state index contributed by atoms with van der Waals surface area (Å²) in [4.78, 5) is 38.2. The number of amides is 2. The van der Waals surface area contributed by atoms with Gasteiger partial charge in [-0.3, -0.25) is 9.59 Å². The highest BCUT2D eigenvalue weighted by atomic mass is 79.9. The Morgan fingerprint density at radius 3 is 2.27 bits per heavy atom. The van der Waals surface area contributed by atoms with E-state index in [0.717, 1.165) is 5.56 Å². The number of nitrogens with one attached hydrogen (secondary N) is 2. The third-order valence-electron chi connectivity index (χ3n) is 5.57. The van der Waals surface area contributed by atoms with Gasteiger partial charge in [-0.25, -0.2) is 10.2 Å². The summed E-state index contributed by atoms with van der Waals surface area (Å²) in [5.41, 5.74) is 5.38. The molecule has 8 nitrogen and oxygen atoms in total. The monoisotopic (exact) mass is 663 g/mol. The Morgan fingerprint density at radius 1 is 0.825 bits per heavy atom. The summed E-state index contributed by atoms with van der Waals surface area (Å²) in [6.07, 6.45) is 1.38. The largest absolute Gasteiger partial charge is 0.497 e. The molecule has 0 unspecified atom stereocenters. The van der Waals surface area contributed by atoms with Crippen LogP contribution in [0.5, 0.6) is 11.5 Å². The van der Waals surface area contributed by atoms with Gasteiger partial charge < -0.3 is 14.8 Å². The normalized spacial score (nSPS) is 10.7. The molecular formula is C30H23Br2N3O5. The SMILES string of the molecule is COc1cccc(C(=O)Nc2cccc(C(=O)NN=Cc3cc(Br)cc(Br)c3OC(=O)c3cccc(C)c3)c2)c1. The Hall–Kier alpha value is -4.28. The predicted molar refractivity (Wildman–Crippen MR) is 160 cm³/mol. The molecule has 4 aromatic rings. The Balaban J connectivity index is 1.46. The zero-order valence-corrected chi connectivity index (χ0v) is 24.6. The average Bonchev–Trinajstić information content (AvgIpc) is 2.94. The highest BCUT2D eigenvalue weighted by molar-refractivity contribution is 9.11. The van der Waals surface area contributed by atoms with Crippen molar-refractivity contribution >= 4 is 61.5 Å². The smallest absolute Gasteiger partial charge is 0.343 e. The lowest BCUT2D eigenvalue weighted by Gasteiger charge is -2.11. The molecule has 0 aliphatic heterocycles. The Bertz CT molecular complexity index is 1620. The van der Waals surface area contributed by atoms with Gasteiger partial charge in [0.2, 0.25) is 0 Å². The van der Waals surface area contributed by atoms with Crippen LogP contribution in [-0.4, -0.2) is 31.1 Å². The first-order valence-electron chi connectivity index (χ1n) is 11.9.